The molecule has 0 spiro atoms. The van der Waals surface area contributed by atoms with Crippen LogP contribution < -0.4 is 11.1 Å². The van der Waals surface area contributed by atoms with Crippen molar-refractivity contribution < 1.29 is 19.5 Å². The number of nitrogens with two attached hydrogens (primary N) is 1. The lowest BCUT2D eigenvalue weighted by atomic mass is 10.1. The van der Waals surface area contributed by atoms with Gasteiger partial charge in [-0.3, -0.25) is 14.4 Å². The van der Waals surface area contributed by atoms with Gasteiger partial charge in [-0.2, -0.15) is 0 Å². The molecule has 0 bridgehead atoms. The molecular weight excluding hydrogens is 272 g/mol. The standard InChI is InChI=1S/C12H13ClN2O4/c13-9-5-4-7(6-8(9)12(14)19)15-10(16)2-1-3-11(17)18/h4-6H,1-3H2,(H2,14,19)(H,15,16)(H,17,18). The monoisotopic (exact) mass is 284 g/mol. The van der Waals surface area contributed by atoms with Gasteiger partial charge < -0.3 is 16.2 Å². The van der Waals surface area contributed by atoms with E-state index in [1.54, 1.807) is 0 Å². The van der Waals surface area contributed by atoms with Crippen LogP contribution >= 0.6 is 11.6 Å². The molecule has 6 nitrogen and oxygen atoms in total. The van der Waals surface area contributed by atoms with Gasteiger partial charge >= 0.3 is 5.97 Å². The Hall–Kier alpha value is -2.08. The second-order valence-corrected chi connectivity index (χ2v) is 4.26. The van der Waals surface area contributed by atoms with Crippen molar-refractivity contribution in [3.63, 3.8) is 0 Å². The number of carboxylic acids is 1. The van der Waals surface area contributed by atoms with Crippen molar-refractivity contribution in [1.82, 2.24) is 0 Å². The van der Waals surface area contributed by atoms with Crippen LogP contribution in [0, 0.1) is 0 Å². The van der Waals surface area contributed by atoms with E-state index in [4.69, 9.17) is 22.4 Å². The number of carbonyl (C=O) groups excluding carboxylic acids is 2. The summed E-state index contributed by atoms with van der Waals surface area (Å²) < 4.78 is 0. The summed E-state index contributed by atoms with van der Waals surface area (Å²) in [6, 6.07) is 4.36. The maximum atomic E-state index is 11.5. The van der Waals surface area contributed by atoms with Gasteiger partial charge in [-0.15, -0.1) is 0 Å². The number of anilines is 1. The molecule has 0 atom stereocenters. The number of benzene rings is 1. The van der Waals surface area contributed by atoms with Gasteiger partial charge in [0.1, 0.15) is 0 Å². The molecule has 0 aliphatic heterocycles. The minimum absolute atomic E-state index is 0.0689. The van der Waals surface area contributed by atoms with Crippen LogP contribution in [-0.2, 0) is 9.59 Å². The second-order valence-electron chi connectivity index (χ2n) is 3.85. The predicted octanol–water partition coefficient (Wildman–Crippen LogP) is 1.63. The van der Waals surface area contributed by atoms with E-state index in [1.165, 1.54) is 18.2 Å². The number of hydrogen-bond acceptors (Lipinski definition) is 3. The Morgan fingerprint density at radius 3 is 2.53 bits per heavy atom. The van der Waals surface area contributed by atoms with Crippen LogP contribution in [0.4, 0.5) is 5.69 Å². The molecule has 0 fully saturated rings. The zero-order chi connectivity index (χ0) is 14.4. The maximum absolute atomic E-state index is 11.5. The fraction of sp³-hybridized carbons (Fsp3) is 0.250. The van der Waals surface area contributed by atoms with E-state index in [0.717, 1.165) is 0 Å². The molecule has 1 aromatic rings. The molecule has 1 aromatic carbocycles. The van der Waals surface area contributed by atoms with Gasteiger partial charge in [-0.05, 0) is 24.6 Å². The fourth-order valence-corrected chi connectivity index (χ4v) is 1.63. The Kier molecular flexibility index (Phi) is 5.32. The quantitative estimate of drug-likeness (QED) is 0.737. The van der Waals surface area contributed by atoms with Crippen molar-refractivity contribution in [1.29, 1.82) is 0 Å². The summed E-state index contributed by atoms with van der Waals surface area (Å²) in [7, 11) is 0. The predicted molar refractivity (Wildman–Crippen MR) is 70.1 cm³/mol. The number of amides is 2. The Bertz CT molecular complexity index is 516. The normalized spacial score (nSPS) is 9.95. The number of aliphatic carboxylic acids is 1. The molecule has 0 radical (unpaired) electrons. The van der Waals surface area contributed by atoms with Gasteiger partial charge in [-0.25, -0.2) is 0 Å². The Morgan fingerprint density at radius 1 is 1.26 bits per heavy atom. The molecule has 0 heterocycles. The molecule has 0 aromatic heterocycles. The smallest absolute Gasteiger partial charge is 0.303 e. The van der Waals surface area contributed by atoms with E-state index in [9.17, 15) is 14.4 Å². The summed E-state index contributed by atoms with van der Waals surface area (Å²) >= 11 is 5.77. The van der Waals surface area contributed by atoms with Crippen molar-refractivity contribution >= 4 is 35.1 Å². The second kappa shape index (κ2) is 6.75. The van der Waals surface area contributed by atoms with Crippen LogP contribution in [0.3, 0.4) is 0 Å². The van der Waals surface area contributed by atoms with Crippen molar-refractivity contribution in [2.75, 3.05) is 5.32 Å². The van der Waals surface area contributed by atoms with Crippen LogP contribution in [0.25, 0.3) is 0 Å². The molecule has 0 unspecified atom stereocenters. The average Bonchev–Trinajstić information content (AvgIpc) is 2.30. The van der Waals surface area contributed by atoms with Crippen molar-refractivity contribution in [3.05, 3.63) is 28.8 Å². The van der Waals surface area contributed by atoms with Gasteiger partial charge in [0.05, 0.1) is 10.6 Å². The summed E-state index contributed by atoms with van der Waals surface area (Å²) in [6.45, 7) is 0. The first-order chi connectivity index (χ1) is 8.90. The SMILES string of the molecule is NC(=O)c1cc(NC(=O)CCCC(=O)O)ccc1Cl. The zero-order valence-electron chi connectivity index (χ0n) is 9.98. The van der Waals surface area contributed by atoms with E-state index < -0.39 is 11.9 Å². The third-order valence-corrected chi connectivity index (χ3v) is 2.64. The minimum atomic E-state index is -0.949. The van der Waals surface area contributed by atoms with E-state index >= 15 is 0 Å². The molecule has 19 heavy (non-hydrogen) atoms. The molecule has 0 saturated heterocycles. The van der Waals surface area contributed by atoms with Gasteiger partial charge in [-0.1, -0.05) is 11.6 Å². The highest BCUT2D eigenvalue weighted by atomic mass is 35.5. The summed E-state index contributed by atoms with van der Waals surface area (Å²) in [5, 5.41) is 11.2. The molecule has 102 valence electrons. The van der Waals surface area contributed by atoms with Crippen molar-refractivity contribution in [3.8, 4) is 0 Å². The van der Waals surface area contributed by atoms with Crippen LogP contribution in [0.2, 0.25) is 5.02 Å². The van der Waals surface area contributed by atoms with Crippen LogP contribution in [-0.4, -0.2) is 22.9 Å². The van der Waals surface area contributed by atoms with Gasteiger partial charge in [0.2, 0.25) is 11.8 Å². The highest BCUT2D eigenvalue weighted by molar-refractivity contribution is 6.33. The Balaban J connectivity index is 2.62. The molecule has 0 saturated carbocycles. The first-order valence-corrected chi connectivity index (χ1v) is 5.89. The number of halogens is 1. The molecular formula is C12H13ClN2O4. The van der Waals surface area contributed by atoms with Crippen molar-refractivity contribution in [2.45, 2.75) is 19.3 Å². The summed E-state index contributed by atoms with van der Waals surface area (Å²) in [5.41, 5.74) is 5.63. The van der Waals surface area contributed by atoms with Crippen LogP contribution in [0.15, 0.2) is 18.2 Å². The maximum Gasteiger partial charge on any atom is 0.303 e. The molecule has 0 aliphatic rings. The zero-order valence-corrected chi connectivity index (χ0v) is 10.7. The lowest BCUT2D eigenvalue weighted by Crippen LogP contribution is -2.15. The molecule has 7 heteroatoms. The molecule has 1 rings (SSSR count). The number of primary amides is 1. The number of rotatable bonds is 6. The van der Waals surface area contributed by atoms with Crippen molar-refractivity contribution in [2.24, 2.45) is 5.73 Å². The number of carbonyl (C=O) groups is 3. The Morgan fingerprint density at radius 2 is 1.95 bits per heavy atom. The van der Waals surface area contributed by atoms with Gasteiger partial charge in [0.15, 0.2) is 0 Å². The van der Waals surface area contributed by atoms with E-state index in [-0.39, 0.29) is 35.8 Å². The number of carboxylic acid groups (broad SMARTS) is 1. The average molecular weight is 285 g/mol. The first kappa shape index (κ1) is 15.0. The lowest BCUT2D eigenvalue weighted by Gasteiger charge is -2.07. The molecule has 2 amide bonds. The topological polar surface area (TPSA) is 109 Å². The van der Waals surface area contributed by atoms with Crippen LogP contribution in [0.5, 0.6) is 0 Å². The fourth-order valence-electron chi connectivity index (χ4n) is 1.42. The Labute approximate surface area is 114 Å². The van der Waals surface area contributed by atoms with Gasteiger partial charge in [0.25, 0.3) is 0 Å². The largest absolute Gasteiger partial charge is 0.481 e. The highest BCUT2D eigenvalue weighted by Gasteiger charge is 2.09. The van der Waals surface area contributed by atoms with E-state index in [1.807, 2.05) is 0 Å². The number of hydrogen-bond donors (Lipinski definition) is 3. The minimum Gasteiger partial charge on any atom is -0.481 e. The number of nitrogens with one attached hydrogen (secondary N) is 1. The first-order valence-electron chi connectivity index (χ1n) is 5.51. The molecule has 4 N–H and O–H groups in total. The molecule has 0 aliphatic carbocycles. The third-order valence-electron chi connectivity index (χ3n) is 2.31. The summed E-state index contributed by atoms with van der Waals surface area (Å²) in [5.74, 6) is -1.97. The van der Waals surface area contributed by atoms with Crippen LogP contribution in [0.1, 0.15) is 29.6 Å². The third kappa shape index (κ3) is 4.97. The summed E-state index contributed by atoms with van der Waals surface area (Å²) in [6.07, 6.45) is 0.263. The van der Waals surface area contributed by atoms with E-state index in [0.29, 0.717) is 5.69 Å². The van der Waals surface area contributed by atoms with E-state index in [2.05, 4.69) is 5.32 Å². The summed E-state index contributed by atoms with van der Waals surface area (Å²) in [4.78, 5) is 32.9. The highest BCUT2D eigenvalue weighted by Crippen LogP contribution is 2.20. The lowest BCUT2D eigenvalue weighted by molar-refractivity contribution is -0.137. The van der Waals surface area contributed by atoms with Gasteiger partial charge in [0, 0.05) is 18.5 Å².